The van der Waals surface area contributed by atoms with E-state index in [0.717, 1.165) is 0 Å². The molecule has 12 heteroatoms. The molecule has 4 heterocycles. The lowest BCUT2D eigenvalue weighted by atomic mass is 10.2. The number of halogens is 2. The maximum atomic E-state index is 14.1. The van der Waals surface area contributed by atoms with Crippen LogP contribution in [-0.2, 0) is 4.74 Å². The van der Waals surface area contributed by atoms with E-state index in [4.69, 9.17) is 14.5 Å². The summed E-state index contributed by atoms with van der Waals surface area (Å²) in [5.41, 5.74) is 1.50. The number of nitrogens with one attached hydrogen (secondary N) is 1. The number of imidazole rings is 1. The van der Waals surface area contributed by atoms with Gasteiger partial charge < -0.3 is 24.6 Å². The molecular formula is C28H29F2N7O3. The van der Waals surface area contributed by atoms with Gasteiger partial charge in [-0.2, -0.15) is 9.97 Å². The molecule has 10 nitrogen and oxygen atoms in total. The highest BCUT2D eigenvalue weighted by molar-refractivity contribution is 5.97. The van der Waals surface area contributed by atoms with Crippen molar-refractivity contribution in [2.24, 2.45) is 0 Å². The number of para-hydroxylation sites is 3. The Morgan fingerprint density at radius 1 is 1.02 bits per heavy atom. The second-order valence-electron chi connectivity index (χ2n) is 9.68. The molecule has 40 heavy (non-hydrogen) atoms. The maximum Gasteiger partial charge on any atom is 0.296 e. The Kier molecular flexibility index (Phi) is 7.16. The minimum atomic E-state index is -2.80. The predicted octanol–water partition coefficient (Wildman–Crippen LogP) is 3.92. The molecule has 0 radical (unpaired) electrons. The zero-order chi connectivity index (χ0) is 27.6. The van der Waals surface area contributed by atoms with Crippen molar-refractivity contribution in [3.8, 4) is 11.6 Å². The van der Waals surface area contributed by atoms with E-state index in [-0.39, 0.29) is 17.8 Å². The molecule has 2 aliphatic rings. The summed E-state index contributed by atoms with van der Waals surface area (Å²) in [5.74, 6) is 1.23. The molecule has 0 aliphatic carbocycles. The normalized spacial score (nSPS) is 17.6. The van der Waals surface area contributed by atoms with Crippen LogP contribution in [0.15, 0.2) is 54.6 Å². The zero-order valence-corrected chi connectivity index (χ0v) is 22.0. The number of hydrogen-bond donors (Lipinski definition) is 1. The van der Waals surface area contributed by atoms with E-state index in [0.29, 0.717) is 85.7 Å². The zero-order valence-electron chi connectivity index (χ0n) is 22.0. The highest BCUT2D eigenvalue weighted by Gasteiger charge is 2.30. The summed E-state index contributed by atoms with van der Waals surface area (Å²) >= 11 is 0. The van der Waals surface area contributed by atoms with Gasteiger partial charge in [0, 0.05) is 38.3 Å². The maximum absolute atomic E-state index is 14.1. The summed E-state index contributed by atoms with van der Waals surface area (Å²) in [7, 11) is 1.54. The Bertz CT molecular complexity index is 1520. The largest absolute Gasteiger partial charge is 0.496 e. The lowest BCUT2D eigenvalue weighted by Gasteiger charge is -2.28. The molecule has 0 bridgehead atoms. The number of methoxy groups -OCH3 is 1. The molecule has 1 N–H and O–H groups in total. The van der Waals surface area contributed by atoms with Gasteiger partial charge in [-0.25, -0.2) is 13.8 Å². The number of rotatable bonds is 7. The molecule has 0 unspecified atom stereocenters. The number of hydrogen-bond acceptors (Lipinski definition) is 8. The molecule has 6 rings (SSSR count). The monoisotopic (exact) mass is 549 g/mol. The Hall–Kier alpha value is -4.32. The third kappa shape index (κ3) is 5.02. The minimum absolute atomic E-state index is 0.114. The topological polar surface area (TPSA) is 97.6 Å². The van der Waals surface area contributed by atoms with Crippen molar-refractivity contribution in [3.63, 3.8) is 0 Å². The fraction of sp³-hybridized carbons (Fsp3) is 0.357. The van der Waals surface area contributed by atoms with Crippen LogP contribution in [0.4, 0.5) is 20.5 Å². The Labute approximate surface area is 229 Å². The van der Waals surface area contributed by atoms with Crippen LogP contribution in [0.3, 0.4) is 0 Å². The Morgan fingerprint density at radius 3 is 2.58 bits per heavy atom. The first-order chi connectivity index (χ1) is 19.5. The van der Waals surface area contributed by atoms with Crippen LogP contribution in [0.5, 0.6) is 5.75 Å². The molecule has 2 aliphatic heterocycles. The van der Waals surface area contributed by atoms with E-state index < -0.39 is 6.43 Å². The summed E-state index contributed by atoms with van der Waals surface area (Å²) in [4.78, 5) is 30.6. The lowest BCUT2D eigenvalue weighted by Crippen LogP contribution is -2.37. The molecule has 0 spiro atoms. The molecule has 4 aromatic rings. The van der Waals surface area contributed by atoms with E-state index in [1.165, 1.54) is 4.57 Å². The number of carbonyl (C=O) groups excluding carboxylic acids is 1. The molecule has 0 saturated carbocycles. The lowest BCUT2D eigenvalue weighted by molar-refractivity contribution is 0.0788. The highest BCUT2D eigenvalue weighted by Crippen LogP contribution is 2.30. The van der Waals surface area contributed by atoms with Crippen molar-refractivity contribution in [2.75, 3.05) is 56.7 Å². The highest BCUT2D eigenvalue weighted by atomic mass is 19.3. The summed E-state index contributed by atoms with van der Waals surface area (Å²) in [6.07, 6.45) is -2.12. The van der Waals surface area contributed by atoms with Crippen molar-refractivity contribution in [1.29, 1.82) is 0 Å². The van der Waals surface area contributed by atoms with Crippen molar-refractivity contribution in [3.05, 3.63) is 66.0 Å². The van der Waals surface area contributed by atoms with Crippen LogP contribution in [0.25, 0.3) is 16.9 Å². The number of fused-ring (bicyclic) bond motifs is 1. The van der Waals surface area contributed by atoms with Crippen LogP contribution in [0.2, 0.25) is 0 Å². The molecule has 2 saturated heterocycles. The van der Waals surface area contributed by atoms with Gasteiger partial charge in [-0.15, -0.1) is 0 Å². The van der Waals surface area contributed by atoms with Gasteiger partial charge in [0.2, 0.25) is 5.95 Å². The average Bonchev–Trinajstić information content (AvgIpc) is 3.62. The molecule has 2 aromatic heterocycles. The number of ether oxygens (including phenoxy) is 2. The number of carbonyl (C=O) groups is 1. The quantitative estimate of drug-likeness (QED) is 0.371. The van der Waals surface area contributed by atoms with Crippen molar-refractivity contribution in [1.82, 2.24) is 24.4 Å². The summed E-state index contributed by atoms with van der Waals surface area (Å²) in [6.45, 7) is 3.31. The number of alkyl halides is 2. The van der Waals surface area contributed by atoms with Crippen LogP contribution in [-0.4, -0.2) is 82.9 Å². The van der Waals surface area contributed by atoms with E-state index in [1.54, 1.807) is 54.5 Å². The number of amides is 1. The smallest absolute Gasteiger partial charge is 0.296 e. The van der Waals surface area contributed by atoms with Gasteiger partial charge in [-0.05, 0) is 30.7 Å². The minimum Gasteiger partial charge on any atom is -0.496 e. The fourth-order valence-corrected chi connectivity index (χ4v) is 5.22. The van der Waals surface area contributed by atoms with Gasteiger partial charge in [-0.3, -0.25) is 9.36 Å². The predicted molar refractivity (Wildman–Crippen MR) is 146 cm³/mol. The Morgan fingerprint density at radius 2 is 1.77 bits per heavy atom. The summed E-state index contributed by atoms with van der Waals surface area (Å²) < 4.78 is 40.5. The van der Waals surface area contributed by atoms with Crippen LogP contribution < -0.4 is 15.0 Å². The van der Waals surface area contributed by atoms with E-state index >= 15 is 0 Å². The van der Waals surface area contributed by atoms with Crippen molar-refractivity contribution < 1.29 is 23.0 Å². The third-order valence-electron chi connectivity index (χ3n) is 7.19. The van der Waals surface area contributed by atoms with Crippen molar-refractivity contribution in [2.45, 2.75) is 18.9 Å². The number of likely N-dealkylation sites (tertiary alicyclic amines) is 1. The molecule has 1 atom stereocenters. The third-order valence-corrected chi connectivity index (χ3v) is 7.19. The Balaban J connectivity index is 1.32. The molecule has 1 amide bonds. The molecule has 2 fully saturated rings. The van der Waals surface area contributed by atoms with Gasteiger partial charge in [0.25, 0.3) is 12.3 Å². The van der Waals surface area contributed by atoms with Crippen LogP contribution >= 0.6 is 0 Å². The summed E-state index contributed by atoms with van der Waals surface area (Å²) in [5, 5.41) is 3.36. The van der Waals surface area contributed by atoms with Gasteiger partial charge in [0.1, 0.15) is 17.4 Å². The van der Waals surface area contributed by atoms with E-state index in [9.17, 15) is 13.6 Å². The number of morpholine rings is 1. The van der Waals surface area contributed by atoms with Crippen molar-refractivity contribution >= 4 is 28.7 Å². The first-order valence-electron chi connectivity index (χ1n) is 13.2. The number of aromatic nitrogens is 4. The number of anilines is 2. The van der Waals surface area contributed by atoms with Crippen LogP contribution in [0, 0.1) is 0 Å². The standard InChI is InChI=1S/C28H29F2N7O3/c1-39-22-9-5-2-6-19(22)27(38)36-11-10-18(17-36)31-28-33-23(35-12-14-40-15-13-35)16-24(34-28)37-21-8-4-3-7-20(21)32-26(37)25(29)30/h2-9,16,18,25H,10-15,17H2,1H3,(H,31,33,34)/t18-/m0/s1. The number of benzene rings is 2. The number of nitrogens with zero attached hydrogens (tertiary/aromatic N) is 6. The van der Waals surface area contributed by atoms with Gasteiger partial charge in [-0.1, -0.05) is 24.3 Å². The van der Waals surface area contributed by atoms with Gasteiger partial charge >= 0.3 is 0 Å². The molecular weight excluding hydrogens is 520 g/mol. The van der Waals surface area contributed by atoms with Gasteiger partial charge in [0.05, 0.1) is 36.9 Å². The summed E-state index contributed by atoms with van der Waals surface area (Å²) in [6, 6.07) is 15.7. The van der Waals surface area contributed by atoms with E-state index in [2.05, 4.69) is 15.3 Å². The molecule has 2 aromatic carbocycles. The first kappa shape index (κ1) is 25.9. The second kappa shape index (κ2) is 11.0. The average molecular weight is 550 g/mol. The van der Waals surface area contributed by atoms with E-state index in [1.807, 2.05) is 17.0 Å². The van der Waals surface area contributed by atoms with Gasteiger partial charge in [0.15, 0.2) is 5.82 Å². The fourth-order valence-electron chi connectivity index (χ4n) is 5.22. The SMILES string of the molecule is COc1ccccc1C(=O)N1CC[C@H](Nc2nc(N3CCOCC3)cc(-n3c(C(F)F)nc4ccccc43)n2)C1. The second-order valence-corrected chi connectivity index (χ2v) is 9.68. The van der Waals surface area contributed by atoms with Crippen LogP contribution in [0.1, 0.15) is 29.0 Å². The molecule has 208 valence electrons. The first-order valence-corrected chi connectivity index (χ1v) is 13.2.